The predicted molar refractivity (Wildman–Crippen MR) is 89.6 cm³/mol. The van der Waals surface area contributed by atoms with Crippen LogP contribution < -0.4 is 4.90 Å². The van der Waals surface area contributed by atoms with Gasteiger partial charge < -0.3 is 5.11 Å². The molecule has 0 atom stereocenters. The van der Waals surface area contributed by atoms with Crippen molar-refractivity contribution in [3.05, 3.63) is 65.2 Å². The molecule has 3 rings (SSSR count). The number of phenols is 1. The van der Waals surface area contributed by atoms with Crippen molar-refractivity contribution in [2.45, 2.75) is 13.3 Å². The highest BCUT2D eigenvalue weighted by Crippen LogP contribution is 2.28. The van der Waals surface area contributed by atoms with Crippen LogP contribution in [0.4, 0.5) is 5.69 Å². The standard InChI is InChI=1S/C19H15NO4/c1-12(21)14-4-6-16(7-5-14)20-18(23)11-15(19(20)24)10-13-2-8-17(22)9-3-13/h2-10,22H,11H2,1H3. The lowest BCUT2D eigenvalue weighted by Gasteiger charge is -2.13. The van der Waals surface area contributed by atoms with Crippen LogP contribution >= 0.6 is 0 Å². The normalized spacial score (nSPS) is 16.0. The van der Waals surface area contributed by atoms with E-state index in [0.29, 0.717) is 16.8 Å². The Morgan fingerprint density at radius 2 is 1.67 bits per heavy atom. The first-order chi connectivity index (χ1) is 11.5. The number of amides is 2. The van der Waals surface area contributed by atoms with Crippen LogP contribution in [0.3, 0.4) is 0 Å². The van der Waals surface area contributed by atoms with Gasteiger partial charge in [0.15, 0.2) is 5.78 Å². The lowest BCUT2D eigenvalue weighted by molar-refractivity contribution is -0.120. The smallest absolute Gasteiger partial charge is 0.261 e. The van der Waals surface area contributed by atoms with Gasteiger partial charge in [0.25, 0.3) is 5.91 Å². The van der Waals surface area contributed by atoms with Crippen LogP contribution in [0, 0.1) is 0 Å². The summed E-state index contributed by atoms with van der Waals surface area (Å²) in [6.07, 6.45) is 1.66. The molecule has 0 bridgehead atoms. The zero-order valence-corrected chi connectivity index (χ0v) is 13.0. The van der Waals surface area contributed by atoms with Crippen molar-refractivity contribution in [3.8, 4) is 5.75 Å². The zero-order chi connectivity index (χ0) is 17.3. The molecule has 1 aliphatic heterocycles. The Kier molecular flexibility index (Phi) is 4.00. The first-order valence-corrected chi connectivity index (χ1v) is 7.43. The average molecular weight is 321 g/mol. The van der Waals surface area contributed by atoms with Gasteiger partial charge in [0.05, 0.1) is 12.1 Å². The number of carbonyl (C=O) groups excluding carboxylic acids is 3. The van der Waals surface area contributed by atoms with Crippen molar-refractivity contribution in [1.29, 1.82) is 0 Å². The number of imide groups is 1. The van der Waals surface area contributed by atoms with E-state index in [1.807, 2.05) is 0 Å². The molecule has 1 aliphatic rings. The molecule has 2 amide bonds. The second kappa shape index (κ2) is 6.12. The Hall–Kier alpha value is -3.21. The Bertz CT molecular complexity index is 848. The molecule has 0 aliphatic carbocycles. The highest BCUT2D eigenvalue weighted by Gasteiger charge is 2.34. The molecule has 1 heterocycles. The van der Waals surface area contributed by atoms with Gasteiger partial charge in [-0.05, 0) is 55.0 Å². The van der Waals surface area contributed by atoms with Crippen LogP contribution in [-0.2, 0) is 9.59 Å². The van der Waals surface area contributed by atoms with E-state index in [1.165, 1.54) is 19.1 Å². The van der Waals surface area contributed by atoms with Crippen molar-refractivity contribution in [1.82, 2.24) is 0 Å². The fourth-order valence-electron chi connectivity index (χ4n) is 2.57. The number of hydrogen-bond donors (Lipinski definition) is 1. The maximum atomic E-state index is 12.5. The van der Waals surface area contributed by atoms with E-state index < -0.39 is 0 Å². The van der Waals surface area contributed by atoms with Crippen LogP contribution in [0.1, 0.15) is 29.3 Å². The molecule has 1 N–H and O–H groups in total. The summed E-state index contributed by atoms with van der Waals surface area (Å²) in [5.41, 5.74) is 2.10. The number of ketones is 1. The topological polar surface area (TPSA) is 74.7 Å². The summed E-state index contributed by atoms with van der Waals surface area (Å²) in [7, 11) is 0. The van der Waals surface area contributed by atoms with Gasteiger partial charge in [-0.2, -0.15) is 0 Å². The van der Waals surface area contributed by atoms with Gasteiger partial charge in [-0.1, -0.05) is 12.1 Å². The van der Waals surface area contributed by atoms with Gasteiger partial charge in [0.1, 0.15) is 5.75 Å². The lowest BCUT2D eigenvalue weighted by atomic mass is 10.1. The average Bonchev–Trinajstić information content (AvgIpc) is 2.83. The summed E-state index contributed by atoms with van der Waals surface area (Å²) < 4.78 is 0. The van der Waals surface area contributed by atoms with Gasteiger partial charge in [0, 0.05) is 11.1 Å². The summed E-state index contributed by atoms with van der Waals surface area (Å²) in [6, 6.07) is 12.8. The molecule has 2 aromatic rings. The highest BCUT2D eigenvalue weighted by atomic mass is 16.3. The third-order valence-corrected chi connectivity index (χ3v) is 3.83. The van der Waals surface area contributed by atoms with Gasteiger partial charge in [-0.25, -0.2) is 4.90 Å². The minimum Gasteiger partial charge on any atom is -0.508 e. The number of Topliss-reactive ketones (excluding diaryl/α,β-unsaturated/α-hetero) is 1. The largest absolute Gasteiger partial charge is 0.508 e. The maximum absolute atomic E-state index is 12.5. The van der Waals surface area contributed by atoms with E-state index in [2.05, 4.69) is 0 Å². The zero-order valence-electron chi connectivity index (χ0n) is 13.0. The Morgan fingerprint density at radius 3 is 2.25 bits per heavy atom. The van der Waals surface area contributed by atoms with Crippen LogP contribution in [0.25, 0.3) is 6.08 Å². The van der Waals surface area contributed by atoms with E-state index in [1.54, 1.807) is 42.5 Å². The van der Waals surface area contributed by atoms with Gasteiger partial charge in [0.2, 0.25) is 5.91 Å². The fourth-order valence-corrected chi connectivity index (χ4v) is 2.57. The fraction of sp³-hybridized carbons (Fsp3) is 0.105. The van der Waals surface area contributed by atoms with Crippen molar-refractivity contribution < 1.29 is 19.5 Å². The molecule has 2 aromatic carbocycles. The molecule has 1 saturated heterocycles. The first-order valence-electron chi connectivity index (χ1n) is 7.43. The van der Waals surface area contributed by atoms with Gasteiger partial charge in [-0.15, -0.1) is 0 Å². The molecule has 24 heavy (non-hydrogen) atoms. The molecular weight excluding hydrogens is 306 g/mol. The van der Waals surface area contributed by atoms with Crippen molar-refractivity contribution in [2.24, 2.45) is 0 Å². The molecular formula is C19H15NO4. The van der Waals surface area contributed by atoms with E-state index >= 15 is 0 Å². The molecule has 0 spiro atoms. The second-order valence-corrected chi connectivity index (χ2v) is 5.58. The molecule has 0 saturated carbocycles. The maximum Gasteiger partial charge on any atom is 0.261 e. The van der Waals surface area contributed by atoms with Crippen molar-refractivity contribution >= 4 is 29.4 Å². The highest BCUT2D eigenvalue weighted by molar-refractivity contribution is 6.29. The number of nitrogens with zero attached hydrogens (tertiary/aromatic N) is 1. The van der Waals surface area contributed by atoms with Gasteiger partial charge >= 0.3 is 0 Å². The summed E-state index contributed by atoms with van der Waals surface area (Å²) in [5.74, 6) is -0.615. The first kappa shape index (κ1) is 15.7. The van der Waals surface area contributed by atoms with Crippen LogP contribution in [0.2, 0.25) is 0 Å². The van der Waals surface area contributed by atoms with Gasteiger partial charge in [-0.3, -0.25) is 14.4 Å². The molecule has 5 nitrogen and oxygen atoms in total. The van der Waals surface area contributed by atoms with Crippen LogP contribution in [-0.4, -0.2) is 22.7 Å². The molecule has 1 fully saturated rings. The number of carbonyl (C=O) groups is 3. The minimum atomic E-state index is -0.372. The predicted octanol–water partition coefficient (Wildman–Crippen LogP) is 2.94. The monoisotopic (exact) mass is 321 g/mol. The number of phenolic OH excluding ortho intramolecular Hbond substituents is 1. The number of aromatic hydroxyl groups is 1. The number of benzene rings is 2. The van der Waals surface area contributed by atoms with E-state index in [-0.39, 0.29) is 29.8 Å². The van der Waals surface area contributed by atoms with Crippen LogP contribution in [0.15, 0.2) is 54.1 Å². The quantitative estimate of drug-likeness (QED) is 0.536. The van der Waals surface area contributed by atoms with E-state index in [4.69, 9.17) is 0 Å². The molecule has 0 radical (unpaired) electrons. The SMILES string of the molecule is CC(=O)c1ccc(N2C(=O)CC(=Cc3ccc(O)cc3)C2=O)cc1. The minimum absolute atomic E-state index is 0.0220. The number of hydrogen-bond acceptors (Lipinski definition) is 4. The van der Waals surface area contributed by atoms with E-state index in [9.17, 15) is 19.5 Å². The molecule has 5 heteroatoms. The summed E-state index contributed by atoms with van der Waals surface area (Å²) in [6.45, 7) is 1.46. The lowest BCUT2D eigenvalue weighted by Crippen LogP contribution is -2.28. The summed E-state index contributed by atoms with van der Waals surface area (Å²) in [5, 5.41) is 9.29. The van der Waals surface area contributed by atoms with E-state index in [0.717, 1.165) is 10.5 Å². The van der Waals surface area contributed by atoms with Crippen molar-refractivity contribution in [2.75, 3.05) is 4.90 Å². The third-order valence-electron chi connectivity index (χ3n) is 3.83. The second-order valence-electron chi connectivity index (χ2n) is 5.58. The molecule has 0 aromatic heterocycles. The van der Waals surface area contributed by atoms with Crippen LogP contribution in [0.5, 0.6) is 5.75 Å². The molecule has 0 unspecified atom stereocenters. The number of anilines is 1. The third kappa shape index (κ3) is 2.96. The van der Waals surface area contributed by atoms with Crippen molar-refractivity contribution in [3.63, 3.8) is 0 Å². The Balaban J connectivity index is 1.88. The number of rotatable bonds is 3. The Labute approximate surface area is 138 Å². The Morgan fingerprint density at radius 1 is 1.04 bits per heavy atom. The summed E-state index contributed by atoms with van der Waals surface area (Å²) >= 11 is 0. The summed E-state index contributed by atoms with van der Waals surface area (Å²) in [4.78, 5) is 37.2. The molecule has 120 valence electrons.